The van der Waals surface area contributed by atoms with E-state index in [1.165, 1.54) is 6.08 Å². The molecule has 0 bridgehead atoms. The van der Waals surface area contributed by atoms with Crippen molar-refractivity contribution >= 4 is 56.0 Å². The van der Waals surface area contributed by atoms with Gasteiger partial charge in [-0.2, -0.15) is 0 Å². The molecule has 29 heavy (non-hydrogen) atoms. The molecular weight excluding hydrogens is 404 g/mol. The molecule has 1 atom stereocenters. The van der Waals surface area contributed by atoms with E-state index in [0.29, 0.717) is 11.1 Å². The van der Waals surface area contributed by atoms with Crippen LogP contribution in [-0.2, 0) is 4.79 Å². The van der Waals surface area contributed by atoms with Crippen LogP contribution in [0.2, 0.25) is 5.02 Å². The fourth-order valence-corrected chi connectivity index (χ4v) is 4.56. The van der Waals surface area contributed by atoms with Gasteiger partial charge in [0.05, 0.1) is 10.2 Å². The molecular formula is C22H23ClN4OS. The number of thiazole rings is 1. The molecule has 1 aliphatic heterocycles. The van der Waals surface area contributed by atoms with E-state index in [1.807, 2.05) is 30.3 Å². The van der Waals surface area contributed by atoms with E-state index in [-0.39, 0.29) is 5.91 Å². The van der Waals surface area contributed by atoms with Crippen LogP contribution in [0.25, 0.3) is 16.3 Å². The molecule has 5 nitrogen and oxygen atoms in total. The first-order valence-corrected chi connectivity index (χ1v) is 10.7. The van der Waals surface area contributed by atoms with Crippen molar-refractivity contribution in [2.75, 3.05) is 37.4 Å². The molecule has 0 saturated carbocycles. The Bertz CT molecular complexity index is 1040. The maximum Gasteiger partial charge on any atom is 0.248 e. The van der Waals surface area contributed by atoms with Crippen LogP contribution in [0.3, 0.4) is 0 Å². The first kappa shape index (κ1) is 19.9. The number of aromatic nitrogens is 1. The van der Waals surface area contributed by atoms with Crippen molar-refractivity contribution in [1.82, 2.24) is 9.88 Å². The zero-order valence-corrected chi connectivity index (χ0v) is 18.0. The summed E-state index contributed by atoms with van der Waals surface area (Å²) in [4.78, 5) is 21.7. The minimum atomic E-state index is -0.169. The first-order chi connectivity index (χ1) is 14.0. The number of nitrogens with one attached hydrogen (secondary N) is 1. The summed E-state index contributed by atoms with van der Waals surface area (Å²) in [5.74, 6) is -0.169. The zero-order chi connectivity index (χ0) is 20.4. The van der Waals surface area contributed by atoms with Crippen LogP contribution in [0.5, 0.6) is 0 Å². The maximum absolute atomic E-state index is 12.3. The van der Waals surface area contributed by atoms with Crippen molar-refractivity contribution in [3.8, 4) is 0 Å². The molecule has 1 fully saturated rings. The second-order valence-corrected chi connectivity index (χ2v) is 8.85. The monoisotopic (exact) mass is 426 g/mol. The Kier molecular flexibility index (Phi) is 5.85. The summed E-state index contributed by atoms with van der Waals surface area (Å²) >= 11 is 7.56. The third kappa shape index (κ3) is 4.78. The molecule has 7 heteroatoms. The van der Waals surface area contributed by atoms with Crippen molar-refractivity contribution in [3.63, 3.8) is 0 Å². The van der Waals surface area contributed by atoms with E-state index >= 15 is 0 Å². The molecule has 4 rings (SSSR count). The maximum atomic E-state index is 12.3. The van der Waals surface area contributed by atoms with E-state index in [4.69, 9.17) is 16.6 Å². The van der Waals surface area contributed by atoms with Gasteiger partial charge >= 0.3 is 0 Å². The minimum Gasteiger partial charge on any atom is -0.346 e. The average molecular weight is 427 g/mol. The van der Waals surface area contributed by atoms with E-state index in [9.17, 15) is 4.79 Å². The predicted octanol–water partition coefficient (Wildman–Crippen LogP) is 4.74. The van der Waals surface area contributed by atoms with Crippen LogP contribution in [0, 0.1) is 0 Å². The fourth-order valence-electron chi connectivity index (χ4n) is 3.39. The molecule has 0 radical (unpaired) electrons. The topological polar surface area (TPSA) is 48.5 Å². The van der Waals surface area contributed by atoms with Gasteiger partial charge in [0, 0.05) is 35.9 Å². The highest BCUT2D eigenvalue weighted by molar-refractivity contribution is 7.22. The Morgan fingerprint density at radius 3 is 2.79 bits per heavy atom. The number of benzene rings is 2. The largest absolute Gasteiger partial charge is 0.346 e. The molecule has 3 aromatic rings. The van der Waals surface area contributed by atoms with Crippen molar-refractivity contribution in [3.05, 3.63) is 59.1 Å². The molecule has 0 aliphatic carbocycles. The van der Waals surface area contributed by atoms with Crippen molar-refractivity contribution < 1.29 is 4.79 Å². The van der Waals surface area contributed by atoms with Crippen LogP contribution in [0.4, 0.5) is 10.8 Å². The van der Waals surface area contributed by atoms with E-state index < -0.39 is 0 Å². The Morgan fingerprint density at radius 2 is 2.07 bits per heavy atom. The van der Waals surface area contributed by atoms with Crippen molar-refractivity contribution in [2.45, 2.75) is 12.5 Å². The highest BCUT2D eigenvalue weighted by Crippen LogP contribution is 2.33. The molecule has 0 spiro atoms. The van der Waals surface area contributed by atoms with Crippen molar-refractivity contribution in [2.24, 2.45) is 0 Å². The minimum absolute atomic E-state index is 0.169. The number of carbonyl (C=O) groups is 1. The Balaban J connectivity index is 1.43. The van der Waals surface area contributed by atoms with E-state index in [0.717, 1.165) is 46.1 Å². The molecule has 1 saturated heterocycles. The normalized spacial score (nSPS) is 17.0. The molecule has 1 aromatic heterocycles. The van der Waals surface area contributed by atoms with Crippen molar-refractivity contribution in [1.29, 1.82) is 0 Å². The number of halogens is 1. The summed E-state index contributed by atoms with van der Waals surface area (Å²) < 4.78 is 1.08. The zero-order valence-electron chi connectivity index (χ0n) is 16.4. The average Bonchev–Trinajstić information content (AvgIpc) is 3.34. The van der Waals surface area contributed by atoms with Gasteiger partial charge in [0.1, 0.15) is 0 Å². The summed E-state index contributed by atoms with van der Waals surface area (Å²) in [6, 6.07) is 13.8. The standard InChI is InChI=1S/C22H23ClN4OS/c1-26(2)18-11-12-27(14-18)22-25-19-9-8-17(13-20(19)29-22)24-21(28)10-5-15-3-6-16(23)7-4-15/h3-10,13,18H,11-12,14H2,1-2H3,(H,24,28)/t18-/m1/s1. The molecule has 1 aliphatic rings. The van der Waals surface area contributed by atoms with Crippen LogP contribution < -0.4 is 10.2 Å². The number of amides is 1. The van der Waals surface area contributed by atoms with Gasteiger partial charge in [-0.1, -0.05) is 35.1 Å². The highest BCUT2D eigenvalue weighted by atomic mass is 35.5. The van der Waals surface area contributed by atoms with Gasteiger partial charge in [0.2, 0.25) is 5.91 Å². The first-order valence-electron chi connectivity index (χ1n) is 9.54. The molecule has 0 unspecified atom stereocenters. The number of hydrogen-bond acceptors (Lipinski definition) is 5. The summed E-state index contributed by atoms with van der Waals surface area (Å²) in [5.41, 5.74) is 2.66. The van der Waals surface area contributed by atoms with Gasteiger partial charge in [-0.15, -0.1) is 0 Å². The molecule has 2 aromatic carbocycles. The summed E-state index contributed by atoms with van der Waals surface area (Å²) in [6.45, 7) is 2.04. The number of anilines is 2. The number of nitrogens with zero attached hydrogens (tertiary/aromatic N) is 3. The van der Waals surface area contributed by atoms with Gasteiger partial charge in [-0.25, -0.2) is 4.98 Å². The predicted molar refractivity (Wildman–Crippen MR) is 123 cm³/mol. The third-order valence-corrected chi connectivity index (χ3v) is 6.44. The van der Waals surface area contributed by atoms with Crippen LogP contribution in [0.1, 0.15) is 12.0 Å². The summed E-state index contributed by atoms with van der Waals surface area (Å²) in [7, 11) is 4.26. The van der Waals surface area contributed by atoms with Gasteiger partial charge in [0.25, 0.3) is 0 Å². The van der Waals surface area contributed by atoms with Crippen LogP contribution in [0.15, 0.2) is 48.5 Å². The number of likely N-dealkylation sites (N-methyl/N-ethyl adjacent to an activating group) is 1. The lowest BCUT2D eigenvalue weighted by Gasteiger charge is -2.19. The lowest BCUT2D eigenvalue weighted by atomic mass is 10.2. The van der Waals surface area contributed by atoms with E-state index in [1.54, 1.807) is 29.5 Å². The fraction of sp³-hybridized carbons (Fsp3) is 0.273. The second-order valence-electron chi connectivity index (χ2n) is 7.41. The molecule has 1 amide bonds. The number of fused-ring (bicyclic) bond motifs is 1. The summed E-state index contributed by atoms with van der Waals surface area (Å²) in [6.07, 6.45) is 4.45. The van der Waals surface area contributed by atoms with Gasteiger partial charge < -0.3 is 15.1 Å². The van der Waals surface area contributed by atoms with Gasteiger partial charge in [-0.05, 0) is 62.5 Å². The van der Waals surface area contributed by atoms with E-state index in [2.05, 4.69) is 29.2 Å². The SMILES string of the molecule is CN(C)[C@@H]1CCN(c2nc3ccc(NC(=O)C=Cc4ccc(Cl)cc4)cc3s2)C1. The second kappa shape index (κ2) is 8.53. The number of hydrogen-bond donors (Lipinski definition) is 1. The Morgan fingerprint density at radius 1 is 1.28 bits per heavy atom. The summed E-state index contributed by atoms with van der Waals surface area (Å²) in [5, 5.41) is 4.65. The lowest BCUT2D eigenvalue weighted by molar-refractivity contribution is -0.111. The quantitative estimate of drug-likeness (QED) is 0.598. The van der Waals surface area contributed by atoms with Gasteiger partial charge in [0.15, 0.2) is 5.13 Å². The third-order valence-electron chi connectivity index (χ3n) is 5.11. The molecule has 150 valence electrons. The van der Waals surface area contributed by atoms with Crippen LogP contribution in [-0.4, -0.2) is 49.0 Å². The van der Waals surface area contributed by atoms with Gasteiger partial charge in [-0.3, -0.25) is 4.79 Å². The number of carbonyl (C=O) groups excluding carboxylic acids is 1. The molecule has 2 heterocycles. The van der Waals surface area contributed by atoms with Crippen LogP contribution >= 0.6 is 22.9 Å². The lowest BCUT2D eigenvalue weighted by Crippen LogP contribution is -2.31. The Labute approximate surface area is 179 Å². The smallest absolute Gasteiger partial charge is 0.248 e. The Hall–Kier alpha value is -2.41. The molecule has 1 N–H and O–H groups in total. The number of rotatable bonds is 5. The highest BCUT2D eigenvalue weighted by Gasteiger charge is 2.26.